The van der Waals surface area contributed by atoms with Gasteiger partial charge in [-0.15, -0.1) is 0 Å². The molecule has 21 heavy (non-hydrogen) atoms. The lowest BCUT2D eigenvalue weighted by Crippen LogP contribution is -2.38. The molecule has 0 saturated carbocycles. The van der Waals surface area contributed by atoms with Crippen molar-refractivity contribution >= 4 is 18.1 Å². The van der Waals surface area contributed by atoms with Crippen molar-refractivity contribution in [3.05, 3.63) is 0 Å². The van der Waals surface area contributed by atoms with E-state index in [0.29, 0.717) is 52.1 Å². The Bertz CT molecular complexity index is 232. The van der Waals surface area contributed by atoms with E-state index in [1.165, 1.54) is 0 Å². The molecule has 0 aromatic heterocycles. The molecule has 1 atom stereocenters. The molecule has 0 radical (unpaired) electrons. The SMILES string of the molecule is CCO[SiH](O)CCCOCCOCCC[Si](O)(O)OCC. The Morgan fingerprint density at radius 2 is 1.52 bits per heavy atom. The molecule has 3 N–H and O–H groups in total. The van der Waals surface area contributed by atoms with Crippen molar-refractivity contribution in [2.75, 3.05) is 39.6 Å². The molecule has 0 rings (SSSR count). The molecule has 0 saturated heterocycles. The fourth-order valence-electron chi connectivity index (χ4n) is 1.67. The summed E-state index contributed by atoms with van der Waals surface area (Å²) in [5.41, 5.74) is 0. The molecule has 0 aromatic carbocycles. The van der Waals surface area contributed by atoms with Crippen LogP contribution < -0.4 is 0 Å². The quantitative estimate of drug-likeness (QED) is 0.285. The zero-order chi connectivity index (χ0) is 16.0. The second kappa shape index (κ2) is 13.8. The van der Waals surface area contributed by atoms with Crippen LogP contribution in [0.3, 0.4) is 0 Å². The molecule has 0 fully saturated rings. The van der Waals surface area contributed by atoms with Crippen LogP contribution in [0.5, 0.6) is 0 Å². The molecule has 0 aliphatic carbocycles. The monoisotopic (exact) mass is 342 g/mol. The van der Waals surface area contributed by atoms with Gasteiger partial charge < -0.3 is 32.7 Å². The minimum absolute atomic E-state index is 0.252. The van der Waals surface area contributed by atoms with Gasteiger partial charge in [-0.05, 0) is 32.7 Å². The predicted octanol–water partition coefficient (Wildman–Crippen LogP) is 0.00910. The zero-order valence-electron chi connectivity index (χ0n) is 13.1. The smallest absolute Gasteiger partial charge is 0.413 e. The van der Waals surface area contributed by atoms with E-state index in [4.69, 9.17) is 18.3 Å². The Kier molecular flexibility index (Phi) is 13.9. The molecule has 0 amide bonds. The predicted molar refractivity (Wildman–Crippen MR) is 83.3 cm³/mol. The third-order valence-corrected chi connectivity index (χ3v) is 6.01. The Balaban J connectivity index is 3.23. The van der Waals surface area contributed by atoms with Gasteiger partial charge in [0.2, 0.25) is 0 Å². The van der Waals surface area contributed by atoms with Gasteiger partial charge in [0.25, 0.3) is 0 Å². The van der Waals surface area contributed by atoms with E-state index >= 15 is 0 Å². The molecule has 7 nitrogen and oxygen atoms in total. The van der Waals surface area contributed by atoms with Gasteiger partial charge in [0.15, 0.2) is 0 Å². The van der Waals surface area contributed by atoms with Gasteiger partial charge in [0.05, 0.1) is 13.2 Å². The lowest BCUT2D eigenvalue weighted by Gasteiger charge is -2.16. The fourth-order valence-corrected chi connectivity index (χ4v) is 3.94. The third kappa shape index (κ3) is 14.8. The summed E-state index contributed by atoms with van der Waals surface area (Å²) in [5, 5.41) is 0. The van der Waals surface area contributed by atoms with Crippen LogP contribution in [0.15, 0.2) is 0 Å². The number of ether oxygens (including phenoxy) is 2. The highest BCUT2D eigenvalue weighted by Gasteiger charge is 2.30. The van der Waals surface area contributed by atoms with Crippen molar-refractivity contribution in [3.63, 3.8) is 0 Å². The molecule has 0 aliphatic rings. The molecular formula is C12H30O7Si2. The maximum atomic E-state index is 9.46. The van der Waals surface area contributed by atoms with Gasteiger partial charge >= 0.3 is 18.1 Å². The van der Waals surface area contributed by atoms with Crippen LogP contribution in [0.2, 0.25) is 12.1 Å². The van der Waals surface area contributed by atoms with Crippen molar-refractivity contribution in [1.29, 1.82) is 0 Å². The standard InChI is InChI=1S/C12H30O7Si2/c1-3-18-20(13)11-5-7-16-9-10-17-8-6-12-21(14,15)19-4-2/h13-15,20H,3-12H2,1-2H3. The summed E-state index contributed by atoms with van der Waals surface area (Å²) in [7, 11) is -5.42. The first-order valence-corrected chi connectivity index (χ1v) is 11.4. The summed E-state index contributed by atoms with van der Waals surface area (Å²) in [5.74, 6) is 0. The lowest BCUT2D eigenvalue weighted by atomic mass is 10.5. The Labute approximate surface area is 130 Å². The summed E-state index contributed by atoms with van der Waals surface area (Å²) in [4.78, 5) is 28.4. The first-order valence-electron chi connectivity index (χ1n) is 7.55. The summed E-state index contributed by atoms with van der Waals surface area (Å²) in [6.45, 7) is 6.52. The van der Waals surface area contributed by atoms with Crippen LogP contribution in [-0.4, -0.2) is 72.1 Å². The van der Waals surface area contributed by atoms with E-state index in [9.17, 15) is 14.4 Å². The van der Waals surface area contributed by atoms with E-state index in [1.54, 1.807) is 6.92 Å². The number of hydrogen-bond acceptors (Lipinski definition) is 7. The maximum Gasteiger partial charge on any atom is 0.495 e. The Morgan fingerprint density at radius 3 is 2.10 bits per heavy atom. The van der Waals surface area contributed by atoms with Gasteiger partial charge in [-0.1, -0.05) is 0 Å². The van der Waals surface area contributed by atoms with Crippen molar-refractivity contribution in [1.82, 2.24) is 0 Å². The van der Waals surface area contributed by atoms with Crippen molar-refractivity contribution in [3.8, 4) is 0 Å². The molecule has 1 unspecified atom stereocenters. The van der Waals surface area contributed by atoms with Gasteiger partial charge in [0.1, 0.15) is 0 Å². The molecule has 0 aliphatic heterocycles. The zero-order valence-corrected chi connectivity index (χ0v) is 15.3. The van der Waals surface area contributed by atoms with Crippen LogP contribution >= 0.6 is 0 Å². The molecule has 0 aromatic rings. The molecule has 128 valence electrons. The third-order valence-electron chi connectivity index (χ3n) is 2.64. The highest BCUT2D eigenvalue weighted by Crippen LogP contribution is 2.06. The summed E-state index contributed by atoms with van der Waals surface area (Å²) < 4.78 is 20.7. The lowest BCUT2D eigenvalue weighted by molar-refractivity contribution is 0.0462. The minimum atomic E-state index is -3.45. The normalized spacial score (nSPS) is 13.6. The van der Waals surface area contributed by atoms with Crippen molar-refractivity contribution in [2.24, 2.45) is 0 Å². The average Bonchev–Trinajstić information content (AvgIpc) is 2.41. The van der Waals surface area contributed by atoms with E-state index in [-0.39, 0.29) is 6.04 Å². The summed E-state index contributed by atoms with van der Waals surface area (Å²) >= 11 is 0. The van der Waals surface area contributed by atoms with E-state index in [1.807, 2.05) is 6.92 Å². The van der Waals surface area contributed by atoms with Crippen LogP contribution in [0, 0.1) is 0 Å². The van der Waals surface area contributed by atoms with Gasteiger partial charge in [0, 0.05) is 32.5 Å². The second-order valence-electron chi connectivity index (χ2n) is 4.56. The van der Waals surface area contributed by atoms with Crippen molar-refractivity contribution < 1.29 is 32.7 Å². The molecule has 0 heterocycles. The minimum Gasteiger partial charge on any atom is -0.413 e. The van der Waals surface area contributed by atoms with Crippen LogP contribution in [0.25, 0.3) is 0 Å². The Morgan fingerprint density at radius 1 is 0.905 bits per heavy atom. The molecular weight excluding hydrogens is 312 g/mol. The van der Waals surface area contributed by atoms with Crippen LogP contribution in [0.1, 0.15) is 26.7 Å². The molecule has 0 bridgehead atoms. The average molecular weight is 343 g/mol. The van der Waals surface area contributed by atoms with Crippen LogP contribution in [0.4, 0.5) is 0 Å². The van der Waals surface area contributed by atoms with Gasteiger partial charge in [-0.3, -0.25) is 0 Å². The van der Waals surface area contributed by atoms with E-state index in [0.717, 1.165) is 6.42 Å². The molecule has 0 spiro atoms. The Hall–Kier alpha value is 0.154. The molecule has 9 heteroatoms. The van der Waals surface area contributed by atoms with E-state index < -0.39 is 18.1 Å². The maximum absolute atomic E-state index is 9.46. The first-order chi connectivity index (χ1) is 10.0. The van der Waals surface area contributed by atoms with Crippen LogP contribution in [-0.2, 0) is 18.3 Å². The largest absolute Gasteiger partial charge is 0.495 e. The highest BCUT2D eigenvalue weighted by molar-refractivity contribution is 6.57. The first kappa shape index (κ1) is 21.2. The topological polar surface area (TPSA) is 97.6 Å². The summed E-state index contributed by atoms with van der Waals surface area (Å²) in [6, 6.07) is 0.952. The van der Waals surface area contributed by atoms with Crippen molar-refractivity contribution in [2.45, 2.75) is 38.8 Å². The van der Waals surface area contributed by atoms with Gasteiger partial charge in [-0.2, -0.15) is 0 Å². The van der Waals surface area contributed by atoms with E-state index in [2.05, 4.69) is 0 Å². The second-order valence-corrected chi connectivity index (χ2v) is 8.65. The van der Waals surface area contributed by atoms with Gasteiger partial charge in [-0.25, -0.2) is 0 Å². The highest BCUT2D eigenvalue weighted by atomic mass is 28.4. The fraction of sp³-hybridized carbons (Fsp3) is 1.00. The number of hydrogen-bond donors (Lipinski definition) is 3. The summed E-state index contributed by atoms with van der Waals surface area (Å²) in [6.07, 6.45) is 1.36. The number of rotatable bonds is 15.